The number of carbonyl (C=O) groups excluding carboxylic acids is 4. The number of nitrogens with zero attached hydrogens (tertiary/aromatic N) is 2. The van der Waals surface area contributed by atoms with E-state index in [1.807, 2.05) is 48.5 Å². The molecule has 2 heterocycles. The highest BCUT2D eigenvalue weighted by molar-refractivity contribution is 6.28. The second-order valence-electron chi connectivity index (χ2n) is 10.2. The number of imide groups is 2. The number of rotatable bonds is 9. The van der Waals surface area contributed by atoms with Gasteiger partial charge in [-0.15, -0.1) is 0 Å². The second-order valence-corrected chi connectivity index (χ2v) is 10.2. The maximum atomic E-state index is 11.9. The molecular formula is C35H26N2O6. The maximum Gasteiger partial charge on any atom is 0.258 e. The van der Waals surface area contributed by atoms with Crippen LogP contribution in [-0.2, 0) is 25.6 Å². The van der Waals surface area contributed by atoms with E-state index in [1.54, 1.807) is 48.5 Å². The first-order valence-corrected chi connectivity index (χ1v) is 13.7. The lowest BCUT2D eigenvalue weighted by Crippen LogP contribution is -2.29. The van der Waals surface area contributed by atoms with E-state index in [0.717, 1.165) is 16.2 Å². The van der Waals surface area contributed by atoms with Gasteiger partial charge >= 0.3 is 0 Å². The van der Waals surface area contributed by atoms with Gasteiger partial charge in [-0.2, -0.15) is 0 Å². The minimum Gasteiger partial charge on any atom is -0.457 e. The summed E-state index contributed by atoms with van der Waals surface area (Å²) in [5.41, 5.74) is 3.34. The summed E-state index contributed by atoms with van der Waals surface area (Å²) < 4.78 is 11.9. The molecular weight excluding hydrogens is 544 g/mol. The Balaban J connectivity index is 1.01. The molecule has 0 aliphatic carbocycles. The molecule has 0 N–H and O–H groups in total. The van der Waals surface area contributed by atoms with Gasteiger partial charge in [-0.3, -0.25) is 19.2 Å². The van der Waals surface area contributed by atoms with E-state index in [9.17, 15) is 19.2 Å². The molecule has 8 nitrogen and oxygen atoms in total. The number of anilines is 2. The summed E-state index contributed by atoms with van der Waals surface area (Å²) in [4.78, 5) is 49.7. The van der Waals surface area contributed by atoms with Gasteiger partial charge in [0.2, 0.25) is 0 Å². The predicted molar refractivity (Wildman–Crippen MR) is 161 cm³/mol. The Morgan fingerprint density at radius 2 is 0.814 bits per heavy atom. The monoisotopic (exact) mass is 570 g/mol. The summed E-state index contributed by atoms with van der Waals surface area (Å²) in [6.45, 7) is 2.17. The summed E-state index contributed by atoms with van der Waals surface area (Å²) >= 11 is 0. The summed E-state index contributed by atoms with van der Waals surface area (Å²) in [7, 11) is 0. The first kappa shape index (κ1) is 27.4. The molecule has 43 heavy (non-hydrogen) atoms. The van der Waals surface area contributed by atoms with Crippen LogP contribution in [0, 0.1) is 0 Å². The zero-order valence-electron chi connectivity index (χ0n) is 23.2. The Hall–Kier alpha value is -5.76. The normalized spacial score (nSPS) is 15.0. The number of hydrogen-bond acceptors (Lipinski definition) is 6. The van der Waals surface area contributed by atoms with Crippen molar-refractivity contribution in [3.8, 4) is 23.0 Å². The third kappa shape index (κ3) is 5.99. The molecule has 0 bridgehead atoms. The highest BCUT2D eigenvalue weighted by atomic mass is 16.5. The van der Waals surface area contributed by atoms with Crippen LogP contribution in [0.5, 0.6) is 23.0 Å². The summed E-state index contributed by atoms with van der Waals surface area (Å²) in [6.07, 6.45) is 5.86. The molecule has 8 heteroatoms. The Kier molecular flexibility index (Phi) is 7.41. The highest BCUT2D eigenvalue weighted by Gasteiger charge is 2.26. The molecule has 2 aliphatic heterocycles. The molecule has 212 valence electrons. The zero-order valence-corrected chi connectivity index (χ0v) is 23.2. The van der Waals surface area contributed by atoms with E-state index in [-0.39, 0.29) is 29.5 Å². The number of benzene rings is 4. The average Bonchev–Trinajstić information content (AvgIpc) is 3.54. The molecule has 4 aromatic carbocycles. The van der Waals surface area contributed by atoms with Crippen LogP contribution in [0.15, 0.2) is 121 Å². The quantitative estimate of drug-likeness (QED) is 0.214. The van der Waals surface area contributed by atoms with Crippen molar-refractivity contribution in [2.45, 2.75) is 19.3 Å². The fourth-order valence-electron chi connectivity index (χ4n) is 4.94. The average molecular weight is 571 g/mol. The van der Waals surface area contributed by atoms with Crippen molar-refractivity contribution in [2.75, 3.05) is 9.80 Å². The van der Waals surface area contributed by atoms with Gasteiger partial charge < -0.3 is 9.47 Å². The fourth-order valence-corrected chi connectivity index (χ4v) is 4.94. The van der Waals surface area contributed by atoms with Crippen LogP contribution < -0.4 is 19.3 Å². The van der Waals surface area contributed by atoms with Gasteiger partial charge in [0.05, 0.1) is 11.4 Å². The number of amides is 4. The van der Waals surface area contributed by atoms with E-state index in [0.29, 0.717) is 34.4 Å². The van der Waals surface area contributed by atoms with Crippen molar-refractivity contribution in [2.24, 2.45) is 0 Å². The SMILES string of the molecule is CC(Cc1ccc(Oc2ccc(N3C(=O)C=CC3=O)cc2)cc1)c1ccc(Oc2ccc(N3C(=O)C=CC3=O)cc2)cc1. The standard InChI is InChI=1S/C35H26N2O6/c1-23(25-4-12-29(13-5-25)43-31-16-8-27(9-17-31)37-34(40)20-21-35(37)41)22-24-2-10-28(11-3-24)42-30-14-6-26(7-15-30)36-32(38)18-19-33(36)39/h2-21,23H,22H2,1H3. The molecule has 0 aromatic heterocycles. The van der Waals surface area contributed by atoms with Crippen molar-refractivity contribution in [3.05, 3.63) is 132 Å². The van der Waals surface area contributed by atoms with Crippen LogP contribution in [0.4, 0.5) is 11.4 Å². The van der Waals surface area contributed by atoms with Gasteiger partial charge in [0.25, 0.3) is 23.6 Å². The second kappa shape index (κ2) is 11.6. The topological polar surface area (TPSA) is 93.2 Å². The first-order chi connectivity index (χ1) is 20.8. The summed E-state index contributed by atoms with van der Waals surface area (Å²) in [5, 5.41) is 0. The zero-order chi connectivity index (χ0) is 29.9. The van der Waals surface area contributed by atoms with Gasteiger partial charge in [-0.1, -0.05) is 31.2 Å². The van der Waals surface area contributed by atoms with Crippen LogP contribution >= 0.6 is 0 Å². The Bertz CT molecular complexity index is 1720. The summed E-state index contributed by atoms with van der Waals surface area (Å²) in [5.74, 6) is 1.41. The van der Waals surface area contributed by atoms with Crippen molar-refractivity contribution in [1.82, 2.24) is 0 Å². The lowest BCUT2D eigenvalue weighted by Gasteiger charge is -2.15. The van der Waals surface area contributed by atoms with E-state index < -0.39 is 0 Å². The van der Waals surface area contributed by atoms with Crippen molar-refractivity contribution < 1.29 is 28.7 Å². The van der Waals surface area contributed by atoms with Gasteiger partial charge in [0, 0.05) is 24.3 Å². The van der Waals surface area contributed by atoms with Gasteiger partial charge in [-0.25, -0.2) is 9.80 Å². The van der Waals surface area contributed by atoms with Crippen LogP contribution in [0.3, 0.4) is 0 Å². The molecule has 1 unspecified atom stereocenters. The molecule has 6 rings (SSSR count). The van der Waals surface area contributed by atoms with E-state index in [4.69, 9.17) is 9.47 Å². The number of carbonyl (C=O) groups is 4. The first-order valence-electron chi connectivity index (χ1n) is 13.7. The lowest BCUT2D eigenvalue weighted by molar-refractivity contribution is -0.121. The third-order valence-electron chi connectivity index (χ3n) is 7.19. The Labute approximate surface area is 248 Å². The van der Waals surface area contributed by atoms with Crippen LogP contribution in [0.1, 0.15) is 24.0 Å². The molecule has 4 amide bonds. The van der Waals surface area contributed by atoms with Gasteiger partial charge in [-0.05, 0) is 96.3 Å². The smallest absolute Gasteiger partial charge is 0.258 e. The Morgan fingerprint density at radius 3 is 1.19 bits per heavy atom. The predicted octanol–water partition coefficient (Wildman–Crippen LogP) is 6.48. The van der Waals surface area contributed by atoms with E-state index >= 15 is 0 Å². The molecule has 0 radical (unpaired) electrons. The lowest BCUT2D eigenvalue weighted by atomic mass is 9.94. The molecule has 0 saturated carbocycles. The highest BCUT2D eigenvalue weighted by Crippen LogP contribution is 2.30. The van der Waals surface area contributed by atoms with Crippen LogP contribution in [-0.4, -0.2) is 23.6 Å². The van der Waals surface area contributed by atoms with Gasteiger partial charge in [0.1, 0.15) is 23.0 Å². The van der Waals surface area contributed by atoms with E-state index in [1.165, 1.54) is 35.4 Å². The molecule has 4 aromatic rings. The fraction of sp³-hybridized carbons (Fsp3) is 0.0857. The van der Waals surface area contributed by atoms with Crippen molar-refractivity contribution in [1.29, 1.82) is 0 Å². The Morgan fingerprint density at radius 1 is 0.488 bits per heavy atom. The summed E-state index contributed by atoms with van der Waals surface area (Å²) in [6, 6.07) is 29.5. The van der Waals surface area contributed by atoms with E-state index in [2.05, 4.69) is 6.92 Å². The molecule has 0 saturated heterocycles. The number of hydrogen-bond donors (Lipinski definition) is 0. The maximum absolute atomic E-state index is 11.9. The number of ether oxygens (including phenoxy) is 2. The van der Waals surface area contributed by atoms with Crippen LogP contribution in [0.2, 0.25) is 0 Å². The van der Waals surface area contributed by atoms with Crippen molar-refractivity contribution >= 4 is 35.0 Å². The molecule has 2 aliphatic rings. The molecule has 0 spiro atoms. The molecule has 1 atom stereocenters. The minimum atomic E-state index is -0.356. The minimum absolute atomic E-state index is 0.266. The largest absolute Gasteiger partial charge is 0.457 e. The van der Waals surface area contributed by atoms with Gasteiger partial charge in [0.15, 0.2) is 0 Å². The van der Waals surface area contributed by atoms with Crippen molar-refractivity contribution in [3.63, 3.8) is 0 Å². The third-order valence-corrected chi connectivity index (χ3v) is 7.19. The molecule has 0 fully saturated rings. The van der Waals surface area contributed by atoms with Crippen LogP contribution in [0.25, 0.3) is 0 Å².